The number of alkyl halides is 1. The molecular formula is C13H16ClN3O. The van der Waals surface area contributed by atoms with Crippen molar-refractivity contribution in [2.45, 2.75) is 32.6 Å². The van der Waals surface area contributed by atoms with E-state index in [2.05, 4.69) is 41.5 Å². The Morgan fingerprint density at radius 3 is 2.78 bits per heavy atom. The maximum Gasteiger partial charge on any atom is 0.320 e. The van der Waals surface area contributed by atoms with Crippen LogP contribution in [0.25, 0.3) is 0 Å². The Balaban J connectivity index is 2.17. The first-order valence-electron chi connectivity index (χ1n) is 5.94. The van der Waals surface area contributed by atoms with Gasteiger partial charge < -0.3 is 9.73 Å². The third-order valence-electron chi connectivity index (χ3n) is 2.76. The van der Waals surface area contributed by atoms with Crippen LogP contribution in [-0.4, -0.2) is 10.2 Å². The van der Waals surface area contributed by atoms with Crippen molar-refractivity contribution in [3.05, 3.63) is 35.2 Å². The second kappa shape index (κ2) is 5.40. The molecule has 0 aliphatic heterocycles. The van der Waals surface area contributed by atoms with Crippen LogP contribution in [0.5, 0.6) is 0 Å². The van der Waals surface area contributed by atoms with E-state index in [0.717, 1.165) is 12.1 Å². The Morgan fingerprint density at radius 2 is 2.17 bits per heavy atom. The van der Waals surface area contributed by atoms with Crippen molar-refractivity contribution in [1.82, 2.24) is 10.2 Å². The third-order valence-corrected chi connectivity index (χ3v) is 2.95. The maximum atomic E-state index is 5.86. The van der Waals surface area contributed by atoms with Crippen LogP contribution in [-0.2, 0) is 6.42 Å². The summed E-state index contributed by atoms with van der Waals surface area (Å²) >= 11 is 5.86. The summed E-state index contributed by atoms with van der Waals surface area (Å²) in [6.45, 7) is 6.02. The van der Waals surface area contributed by atoms with E-state index in [-0.39, 0.29) is 5.38 Å². The quantitative estimate of drug-likeness (QED) is 0.850. The lowest BCUT2D eigenvalue weighted by molar-refractivity contribution is 0.510. The Labute approximate surface area is 111 Å². The van der Waals surface area contributed by atoms with Gasteiger partial charge in [-0.2, -0.15) is 0 Å². The molecule has 5 heteroatoms. The third kappa shape index (κ3) is 2.82. The molecule has 1 heterocycles. The van der Waals surface area contributed by atoms with Crippen LogP contribution >= 0.6 is 11.6 Å². The molecule has 0 fully saturated rings. The number of aryl methyl sites for hydroxylation is 2. The van der Waals surface area contributed by atoms with Gasteiger partial charge in [0.25, 0.3) is 0 Å². The van der Waals surface area contributed by atoms with Gasteiger partial charge in [0, 0.05) is 5.69 Å². The molecule has 2 rings (SSSR count). The Morgan fingerprint density at radius 1 is 1.39 bits per heavy atom. The van der Waals surface area contributed by atoms with Crippen LogP contribution in [0, 0.1) is 6.92 Å². The fourth-order valence-electron chi connectivity index (χ4n) is 1.70. The summed E-state index contributed by atoms with van der Waals surface area (Å²) in [6, 6.07) is 6.51. The van der Waals surface area contributed by atoms with Crippen LogP contribution < -0.4 is 5.32 Å². The molecule has 1 aromatic carbocycles. The van der Waals surface area contributed by atoms with Gasteiger partial charge in [0.15, 0.2) is 0 Å². The van der Waals surface area contributed by atoms with Crippen molar-refractivity contribution in [3.8, 4) is 0 Å². The highest BCUT2D eigenvalue weighted by molar-refractivity contribution is 6.20. The minimum atomic E-state index is -0.280. The second-order valence-corrected chi connectivity index (χ2v) is 4.84. The van der Waals surface area contributed by atoms with Crippen LogP contribution in [0.15, 0.2) is 22.6 Å². The Hall–Kier alpha value is -1.55. The van der Waals surface area contributed by atoms with E-state index >= 15 is 0 Å². The zero-order chi connectivity index (χ0) is 13.1. The summed E-state index contributed by atoms with van der Waals surface area (Å²) in [6.07, 6.45) is 0.995. The van der Waals surface area contributed by atoms with Gasteiger partial charge >= 0.3 is 6.01 Å². The lowest BCUT2D eigenvalue weighted by atomic mass is 10.1. The highest BCUT2D eigenvalue weighted by Gasteiger charge is 2.11. The number of hydrogen-bond acceptors (Lipinski definition) is 4. The van der Waals surface area contributed by atoms with Gasteiger partial charge in [-0.05, 0) is 43.5 Å². The summed E-state index contributed by atoms with van der Waals surface area (Å²) < 4.78 is 5.39. The molecule has 1 N–H and O–H groups in total. The molecule has 0 saturated heterocycles. The van der Waals surface area contributed by atoms with Gasteiger partial charge in [-0.25, -0.2) is 0 Å². The monoisotopic (exact) mass is 265 g/mol. The molecule has 0 saturated carbocycles. The molecular weight excluding hydrogens is 250 g/mol. The first-order chi connectivity index (χ1) is 8.60. The molecule has 96 valence electrons. The molecule has 0 radical (unpaired) electrons. The minimum Gasteiger partial charge on any atom is -0.406 e. The van der Waals surface area contributed by atoms with E-state index in [1.807, 2.05) is 6.07 Å². The van der Waals surface area contributed by atoms with Crippen molar-refractivity contribution in [2.75, 3.05) is 5.32 Å². The maximum absolute atomic E-state index is 5.86. The minimum absolute atomic E-state index is 0.280. The van der Waals surface area contributed by atoms with Gasteiger partial charge in [0.1, 0.15) is 5.38 Å². The first-order valence-corrected chi connectivity index (χ1v) is 6.37. The number of aromatic nitrogens is 2. The number of benzene rings is 1. The lowest BCUT2D eigenvalue weighted by Gasteiger charge is -2.06. The molecule has 2 aromatic rings. The SMILES string of the molecule is CCc1cc(Nc2nnc(C(C)Cl)o2)ccc1C. The van der Waals surface area contributed by atoms with Crippen molar-refractivity contribution in [1.29, 1.82) is 0 Å². The van der Waals surface area contributed by atoms with Gasteiger partial charge in [-0.1, -0.05) is 18.1 Å². The second-order valence-electron chi connectivity index (χ2n) is 4.18. The Bertz CT molecular complexity index is 537. The van der Waals surface area contributed by atoms with Crippen LogP contribution in [0.2, 0.25) is 0 Å². The summed E-state index contributed by atoms with van der Waals surface area (Å²) in [5.74, 6) is 0.419. The fraction of sp³-hybridized carbons (Fsp3) is 0.385. The molecule has 1 aromatic heterocycles. The highest BCUT2D eigenvalue weighted by atomic mass is 35.5. The van der Waals surface area contributed by atoms with E-state index in [9.17, 15) is 0 Å². The number of halogens is 1. The predicted octanol–water partition coefficient (Wildman–Crippen LogP) is 3.98. The van der Waals surface area contributed by atoms with E-state index < -0.39 is 0 Å². The van der Waals surface area contributed by atoms with Crippen LogP contribution in [0.3, 0.4) is 0 Å². The summed E-state index contributed by atoms with van der Waals surface area (Å²) in [5.41, 5.74) is 3.52. The molecule has 0 aliphatic rings. The van der Waals surface area contributed by atoms with Crippen molar-refractivity contribution in [2.24, 2.45) is 0 Å². The van der Waals surface area contributed by atoms with E-state index in [4.69, 9.17) is 16.0 Å². The molecule has 18 heavy (non-hydrogen) atoms. The normalized spacial score (nSPS) is 12.4. The predicted molar refractivity (Wildman–Crippen MR) is 72.4 cm³/mol. The van der Waals surface area contributed by atoms with Crippen molar-refractivity contribution >= 4 is 23.3 Å². The zero-order valence-electron chi connectivity index (χ0n) is 10.7. The molecule has 0 spiro atoms. The average molecular weight is 266 g/mol. The number of hydrogen-bond donors (Lipinski definition) is 1. The Kier molecular flexibility index (Phi) is 3.87. The topological polar surface area (TPSA) is 51.0 Å². The van der Waals surface area contributed by atoms with E-state index in [1.165, 1.54) is 11.1 Å². The van der Waals surface area contributed by atoms with Gasteiger partial charge in [0.2, 0.25) is 5.89 Å². The van der Waals surface area contributed by atoms with Crippen LogP contribution in [0.4, 0.5) is 11.7 Å². The number of anilines is 2. The molecule has 1 unspecified atom stereocenters. The van der Waals surface area contributed by atoms with Gasteiger partial charge in [-0.15, -0.1) is 16.7 Å². The first kappa shape index (κ1) is 12.9. The summed E-state index contributed by atoms with van der Waals surface area (Å²) in [7, 11) is 0. The fourth-order valence-corrected chi connectivity index (χ4v) is 1.79. The summed E-state index contributed by atoms with van der Waals surface area (Å²) in [5, 5.41) is 10.6. The van der Waals surface area contributed by atoms with Crippen molar-refractivity contribution < 1.29 is 4.42 Å². The molecule has 0 aliphatic carbocycles. The number of nitrogens with zero attached hydrogens (tertiary/aromatic N) is 2. The number of nitrogens with one attached hydrogen (secondary N) is 1. The molecule has 4 nitrogen and oxygen atoms in total. The largest absolute Gasteiger partial charge is 0.406 e. The molecule has 0 amide bonds. The van der Waals surface area contributed by atoms with Gasteiger partial charge in [-0.3, -0.25) is 0 Å². The van der Waals surface area contributed by atoms with E-state index in [0.29, 0.717) is 11.9 Å². The molecule has 1 atom stereocenters. The summed E-state index contributed by atoms with van der Waals surface area (Å²) in [4.78, 5) is 0. The highest BCUT2D eigenvalue weighted by Crippen LogP contribution is 2.23. The number of rotatable bonds is 4. The van der Waals surface area contributed by atoms with Gasteiger partial charge in [0.05, 0.1) is 0 Å². The van der Waals surface area contributed by atoms with Crippen LogP contribution in [0.1, 0.15) is 36.2 Å². The lowest BCUT2D eigenvalue weighted by Crippen LogP contribution is -1.93. The average Bonchev–Trinajstić information content (AvgIpc) is 2.80. The smallest absolute Gasteiger partial charge is 0.320 e. The van der Waals surface area contributed by atoms with E-state index in [1.54, 1.807) is 6.92 Å². The zero-order valence-corrected chi connectivity index (χ0v) is 11.5. The standard InChI is InChI=1S/C13H16ClN3O/c1-4-10-7-11(6-5-8(10)2)15-13-17-16-12(18-13)9(3)14/h5-7,9H,4H2,1-3H3,(H,15,17). The molecule has 0 bridgehead atoms. The van der Waals surface area contributed by atoms with Crippen molar-refractivity contribution in [3.63, 3.8) is 0 Å².